The van der Waals surface area contributed by atoms with E-state index in [0.29, 0.717) is 12.1 Å². The number of aliphatic imine (C=N–C) groups is 1. The zero-order chi connectivity index (χ0) is 26.4. The van der Waals surface area contributed by atoms with Crippen molar-refractivity contribution in [2.45, 2.75) is 79.4 Å². The molecule has 1 aromatic carbocycles. The Bertz CT molecular complexity index is 1060. The fraction of sp³-hybridized carbons (Fsp3) is 0.548. The van der Waals surface area contributed by atoms with Crippen molar-refractivity contribution in [3.05, 3.63) is 65.3 Å². The van der Waals surface area contributed by atoms with E-state index in [2.05, 4.69) is 63.2 Å². The number of guanidine groups is 1. The van der Waals surface area contributed by atoms with Gasteiger partial charge in [0.1, 0.15) is 0 Å². The number of rotatable bonds is 6. The number of halogens is 1. The Balaban J connectivity index is 0.00000130. The maximum Gasteiger partial charge on any atom is 0.209 e. The van der Waals surface area contributed by atoms with Gasteiger partial charge in [0.05, 0.1) is 6.67 Å². The molecule has 208 valence electrons. The first-order valence-corrected chi connectivity index (χ1v) is 14.4. The minimum Gasteiger partial charge on any atom is -0.328 e. The van der Waals surface area contributed by atoms with E-state index in [1.54, 1.807) is 0 Å². The standard InChI is InChI=1S/C28H37ClN6.C2H6.CH4/c1-4-15-34-21(3)26-7-6-14-30-27(26)31-28(34)33-19-24(5-2)35(20-33)25-12-16-32(17-13-25)18-22-8-10-23(29)11-9-22;1-2;/h6-11,14,24-25H,3-5,12-13,15-20H2,1-2H3;1-2H3;1H4/t24-;;/m0../s1. The number of pyridine rings is 1. The summed E-state index contributed by atoms with van der Waals surface area (Å²) < 4.78 is 0. The molecule has 3 aliphatic rings. The van der Waals surface area contributed by atoms with Crippen LogP contribution in [0.1, 0.15) is 71.9 Å². The van der Waals surface area contributed by atoms with Gasteiger partial charge in [-0.1, -0.05) is 65.4 Å². The summed E-state index contributed by atoms with van der Waals surface area (Å²) >= 11 is 6.06. The van der Waals surface area contributed by atoms with Crippen molar-refractivity contribution in [3.8, 4) is 0 Å². The maximum atomic E-state index is 6.06. The summed E-state index contributed by atoms with van der Waals surface area (Å²) in [4.78, 5) is 19.7. The van der Waals surface area contributed by atoms with Gasteiger partial charge < -0.3 is 9.80 Å². The number of fused-ring (bicyclic) bond motifs is 1. The fourth-order valence-electron chi connectivity index (χ4n) is 5.74. The van der Waals surface area contributed by atoms with Crippen molar-refractivity contribution < 1.29 is 0 Å². The van der Waals surface area contributed by atoms with Gasteiger partial charge in [-0.05, 0) is 68.6 Å². The molecule has 0 bridgehead atoms. The Morgan fingerprint density at radius 3 is 2.42 bits per heavy atom. The third-order valence-corrected chi connectivity index (χ3v) is 7.90. The lowest BCUT2D eigenvalue weighted by molar-refractivity contribution is 0.0899. The van der Waals surface area contributed by atoms with Crippen LogP contribution in [0.4, 0.5) is 5.82 Å². The first-order chi connectivity index (χ1) is 18.1. The molecule has 3 aliphatic heterocycles. The van der Waals surface area contributed by atoms with Gasteiger partial charge >= 0.3 is 0 Å². The molecule has 7 heteroatoms. The number of likely N-dealkylation sites (tertiary alicyclic amines) is 1. The molecule has 38 heavy (non-hydrogen) atoms. The molecular weight excluding hydrogens is 492 g/mol. The van der Waals surface area contributed by atoms with Crippen molar-refractivity contribution in [1.29, 1.82) is 0 Å². The van der Waals surface area contributed by atoms with E-state index < -0.39 is 0 Å². The van der Waals surface area contributed by atoms with Crippen LogP contribution in [0, 0.1) is 0 Å². The predicted octanol–water partition coefficient (Wildman–Crippen LogP) is 7.10. The normalized spacial score (nSPS) is 20.4. The summed E-state index contributed by atoms with van der Waals surface area (Å²) in [6.45, 7) is 19.1. The molecule has 2 saturated heterocycles. The maximum absolute atomic E-state index is 6.06. The molecular formula is C31H47ClN6. The number of aromatic nitrogens is 1. The van der Waals surface area contributed by atoms with Crippen molar-refractivity contribution in [1.82, 2.24) is 24.6 Å². The van der Waals surface area contributed by atoms with Crippen LogP contribution in [0.5, 0.6) is 0 Å². The molecule has 0 spiro atoms. The van der Waals surface area contributed by atoms with E-state index in [4.69, 9.17) is 16.6 Å². The van der Waals surface area contributed by atoms with Crippen molar-refractivity contribution in [3.63, 3.8) is 0 Å². The van der Waals surface area contributed by atoms with E-state index in [0.717, 1.165) is 80.3 Å². The lowest BCUT2D eigenvalue weighted by atomic mass is 10.0. The van der Waals surface area contributed by atoms with Crippen LogP contribution in [0.25, 0.3) is 5.70 Å². The van der Waals surface area contributed by atoms with Gasteiger partial charge in [-0.3, -0.25) is 9.80 Å². The number of piperidine rings is 1. The van der Waals surface area contributed by atoms with E-state index in [1.807, 2.05) is 38.2 Å². The van der Waals surface area contributed by atoms with Crippen molar-refractivity contribution in [2.75, 3.05) is 32.8 Å². The van der Waals surface area contributed by atoms with E-state index in [1.165, 1.54) is 18.4 Å². The molecule has 0 unspecified atom stereocenters. The molecule has 4 heterocycles. The average Bonchev–Trinajstić information content (AvgIpc) is 3.37. The smallest absolute Gasteiger partial charge is 0.209 e. The number of nitrogens with zero attached hydrogens (tertiary/aromatic N) is 6. The highest BCUT2D eigenvalue weighted by Crippen LogP contribution is 2.34. The van der Waals surface area contributed by atoms with Crippen LogP contribution in [0.2, 0.25) is 5.02 Å². The van der Waals surface area contributed by atoms with Gasteiger partial charge in [-0.15, -0.1) is 0 Å². The van der Waals surface area contributed by atoms with Gasteiger partial charge in [0.15, 0.2) is 5.82 Å². The Morgan fingerprint density at radius 2 is 1.76 bits per heavy atom. The molecule has 0 N–H and O–H groups in total. The third-order valence-electron chi connectivity index (χ3n) is 7.65. The highest BCUT2D eigenvalue weighted by molar-refractivity contribution is 6.30. The molecule has 1 aromatic heterocycles. The van der Waals surface area contributed by atoms with Gasteiger partial charge in [-0.25, -0.2) is 4.98 Å². The Hall–Kier alpha value is -2.41. The molecule has 0 saturated carbocycles. The first-order valence-electron chi connectivity index (χ1n) is 14.0. The molecule has 6 nitrogen and oxygen atoms in total. The molecule has 0 aliphatic carbocycles. The fourth-order valence-corrected chi connectivity index (χ4v) is 5.87. The van der Waals surface area contributed by atoms with Crippen LogP contribution in [-0.4, -0.2) is 75.5 Å². The minimum atomic E-state index is 0. The molecule has 5 rings (SSSR count). The highest BCUT2D eigenvalue weighted by Gasteiger charge is 2.39. The van der Waals surface area contributed by atoms with Gasteiger partial charge in [-0.2, -0.15) is 4.99 Å². The lowest BCUT2D eigenvalue weighted by Gasteiger charge is -2.39. The zero-order valence-corrected chi connectivity index (χ0v) is 23.8. The van der Waals surface area contributed by atoms with Crippen molar-refractivity contribution >= 4 is 29.1 Å². The second-order valence-electron chi connectivity index (χ2n) is 9.96. The summed E-state index contributed by atoms with van der Waals surface area (Å²) in [7, 11) is 0. The summed E-state index contributed by atoms with van der Waals surface area (Å²) in [5, 5.41) is 0.805. The van der Waals surface area contributed by atoms with E-state index in [-0.39, 0.29) is 7.43 Å². The summed E-state index contributed by atoms with van der Waals surface area (Å²) in [5.74, 6) is 1.81. The van der Waals surface area contributed by atoms with Crippen LogP contribution in [0.3, 0.4) is 0 Å². The molecule has 0 radical (unpaired) electrons. The summed E-state index contributed by atoms with van der Waals surface area (Å²) in [6, 6.07) is 13.5. The van der Waals surface area contributed by atoms with Gasteiger partial charge in [0, 0.05) is 54.2 Å². The molecule has 2 fully saturated rings. The Morgan fingerprint density at radius 1 is 1.05 bits per heavy atom. The Labute approximate surface area is 236 Å². The highest BCUT2D eigenvalue weighted by atomic mass is 35.5. The first kappa shape index (κ1) is 30.1. The van der Waals surface area contributed by atoms with Gasteiger partial charge in [0.25, 0.3) is 0 Å². The van der Waals surface area contributed by atoms with Crippen LogP contribution in [-0.2, 0) is 6.54 Å². The second-order valence-corrected chi connectivity index (χ2v) is 10.4. The van der Waals surface area contributed by atoms with Crippen LogP contribution < -0.4 is 0 Å². The topological polar surface area (TPSA) is 38.2 Å². The second kappa shape index (κ2) is 14.1. The zero-order valence-electron chi connectivity index (χ0n) is 23.0. The lowest BCUT2D eigenvalue weighted by Crippen LogP contribution is -2.48. The SMILES string of the molecule is C.C=C1c2cccnc2N=C(N2C[C@H](CC)N(C3CCN(Cc4ccc(Cl)cc4)CC3)C2)N1CCC.CC. The predicted molar refractivity (Wildman–Crippen MR) is 163 cm³/mol. The quantitative estimate of drug-likeness (QED) is 0.392. The molecule has 1 atom stereocenters. The average molecular weight is 539 g/mol. The van der Waals surface area contributed by atoms with E-state index >= 15 is 0 Å². The van der Waals surface area contributed by atoms with Crippen LogP contribution in [0.15, 0.2) is 54.2 Å². The number of hydrogen-bond donors (Lipinski definition) is 0. The molecule has 0 amide bonds. The summed E-state index contributed by atoms with van der Waals surface area (Å²) in [5.41, 5.74) is 3.40. The number of hydrogen-bond acceptors (Lipinski definition) is 6. The largest absolute Gasteiger partial charge is 0.328 e. The monoisotopic (exact) mass is 538 g/mol. The summed E-state index contributed by atoms with van der Waals surface area (Å²) in [6.07, 6.45) is 6.44. The minimum absolute atomic E-state index is 0. The Kier molecular flexibility index (Phi) is 11.2. The van der Waals surface area contributed by atoms with Crippen molar-refractivity contribution in [2.24, 2.45) is 4.99 Å². The number of benzene rings is 1. The van der Waals surface area contributed by atoms with E-state index in [9.17, 15) is 0 Å². The third kappa shape index (κ3) is 6.59. The van der Waals surface area contributed by atoms with Crippen LogP contribution >= 0.6 is 11.6 Å². The molecule has 2 aromatic rings. The van der Waals surface area contributed by atoms with Gasteiger partial charge in [0.2, 0.25) is 5.96 Å².